The smallest absolute Gasteiger partial charge is 0.182 e. The maximum atomic E-state index is 10.6. The van der Waals surface area contributed by atoms with E-state index in [1.807, 2.05) is 0 Å². The first-order valence-corrected chi connectivity index (χ1v) is 2.90. The Hall–Kier alpha value is -1.09. The Morgan fingerprint density at radius 2 is 2.18 bits per heavy atom. The van der Waals surface area contributed by atoms with Crippen LogP contribution < -0.4 is 5.43 Å². The molecule has 4 heteroatoms. The largest absolute Gasteiger partial charge is 0.359 e. The Kier molecular flexibility index (Phi) is 3.54. The van der Waals surface area contributed by atoms with Crippen molar-refractivity contribution < 1.29 is 4.79 Å². The summed E-state index contributed by atoms with van der Waals surface area (Å²) in [6.07, 6.45) is 1.46. The minimum absolute atomic E-state index is 0. The highest BCUT2D eigenvalue weighted by atomic mass is 35.5. The molecule has 0 radical (unpaired) electrons. The first-order chi connectivity index (χ1) is 4.70. The molecule has 0 spiro atoms. The van der Waals surface area contributed by atoms with E-state index in [-0.39, 0.29) is 23.6 Å². The van der Waals surface area contributed by atoms with Gasteiger partial charge in [-0.3, -0.25) is 9.59 Å². The molecule has 0 aliphatic rings. The molecule has 1 aromatic heterocycles. The van der Waals surface area contributed by atoms with Gasteiger partial charge in [0.2, 0.25) is 0 Å². The Bertz CT molecular complexity index is 305. The van der Waals surface area contributed by atoms with Crippen LogP contribution in [0.1, 0.15) is 17.4 Å². The number of pyridine rings is 1. The average Bonchev–Trinajstić information content (AvgIpc) is 1.88. The van der Waals surface area contributed by atoms with Crippen molar-refractivity contribution in [3.8, 4) is 0 Å². The third-order valence-corrected chi connectivity index (χ3v) is 1.15. The van der Waals surface area contributed by atoms with Crippen LogP contribution in [0.3, 0.4) is 0 Å². The molecule has 0 atom stereocenters. The van der Waals surface area contributed by atoms with Gasteiger partial charge in [-0.05, 0) is 0 Å². The molecule has 0 aliphatic carbocycles. The van der Waals surface area contributed by atoms with Gasteiger partial charge in [-0.1, -0.05) is 0 Å². The van der Waals surface area contributed by atoms with Crippen LogP contribution in [0.5, 0.6) is 0 Å². The molecular weight excluding hydrogens is 166 g/mol. The van der Waals surface area contributed by atoms with Gasteiger partial charge in [-0.2, -0.15) is 0 Å². The van der Waals surface area contributed by atoms with E-state index in [1.165, 1.54) is 25.3 Å². The number of carbonyl (C=O) groups excluding carboxylic acids is 1. The summed E-state index contributed by atoms with van der Waals surface area (Å²) in [5, 5.41) is 0. The summed E-state index contributed by atoms with van der Waals surface area (Å²) in [5.41, 5.74) is 0.205. The number of rotatable bonds is 1. The molecule has 1 N–H and O–H groups in total. The molecule has 0 bridgehead atoms. The number of H-pyrrole nitrogens is 1. The second-order valence-electron chi connectivity index (χ2n) is 1.99. The quantitative estimate of drug-likeness (QED) is 0.645. The minimum atomic E-state index is -0.149. The molecule has 0 aromatic carbocycles. The second-order valence-corrected chi connectivity index (χ2v) is 1.99. The van der Waals surface area contributed by atoms with Crippen molar-refractivity contribution in [1.29, 1.82) is 0 Å². The van der Waals surface area contributed by atoms with Crippen LogP contribution in [0.2, 0.25) is 0 Å². The van der Waals surface area contributed by atoms with E-state index in [0.29, 0.717) is 5.69 Å². The van der Waals surface area contributed by atoms with Gasteiger partial charge in [0.1, 0.15) is 0 Å². The number of hydrogen-bond donors (Lipinski definition) is 1. The van der Waals surface area contributed by atoms with Crippen LogP contribution in [0.4, 0.5) is 0 Å². The van der Waals surface area contributed by atoms with Crippen molar-refractivity contribution in [1.82, 2.24) is 4.98 Å². The molecule has 3 nitrogen and oxygen atoms in total. The zero-order valence-corrected chi connectivity index (χ0v) is 6.77. The molecule has 0 fully saturated rings. The Morgan fingerprint density at radius 3 is 2.55 bits per heavy atom. The van der Waals surface area contributed by atoms with E-state index in [9.17, 15) is 9.59 Å². The van der Waals surface area contributed by atoms with Gasteiger partial charge in [-0.15, -0.1) is 12.4 Å². The summed E-state index contributed by atoms with van der Waals surface area (Å²) < 4.78 is 0. The molecule has 0 saturated carbocycles. The van der Waals surface area contributed by atoms with Crippen molar-refractivity contribution >= 4 is 18.2 Å². The van der Waals surface area contributed by atoms with Crippen molar-refractivity contribution in [3.05, 3.63) is 34.2 Å². The molecular formula is C7H8ClNO2. The number of aromatic nitrogens is 1. The molecule has 60 valence electrons. The van der Waals surface area contributed by atoms with Gasteiger partial charge in [0.25, 0.3) is 0 Å². The van der Waals surface area contributed by atoms with Crippen molar-refractivity contribution in [2.24, 2.45) is 0 Å². The highest BCUT2D eigenvalue weighted by molar-refractivity contribution is 5.91. The minimum Gasteiger partial charge on any atom is -0.359 e. The third kappa shape index (κ3) is 2.55. The second kappa shape index (κ2) is 3.93. The zero-order chi connectivity index (χ0) is 7.56. The molecule has 1 rings (SSSR count). The monoisotopic (exact) mass is 173 g/mol. The summed E-state index contributed by atoms with van der Waals surface area (Å²) in [4.78, 5) is 23.9. The summed E-state index contributed by atoms with van der Waals surface area (Å²) in [6.45, 7) is 1.41. The predicted octanol–water partition coefficient (Wildman–Crippen LogP) is 0.999. The fourth-order valence-electron chi connectivity index (χ4n) is 0.649. The predicted molar refractivity (Wildman–Crippen MR) is 44.3 cm³/mol. The van der Waals surface area contributed by atoms with Gasteiger partial charge >= 0.3 is 0 Å². The number of halogens is 1. The molecule has 0 amide bonds. The number of ketones is 1. The van der Waals surface area contributed by atoms with Crippen molar-refractivity contribution in [3.63, 3.8) is 0 Å². The van der Waals surface area contributed by atoms with E-state index in [4.69, 9.17) is 0 Å². The molecule has 0 unspecified atom stereocenters. The Morgan fingerprint density at radius 1 is 1.55 bits per heavy atom. The maximum Gasteiger partial charge on any atom is 0.182 e. The van der Waals surface area contributed by atoms with Crippen molar-refractivity contribution in [2.75, 3.05) is 0 Å². The first kappa shape index (κ1) is 9.91. The van der Waals surface area contributed by atoms with Gasteiger partial charge < -0.3 is 4.98 Å². The third-order valence-electron chi connectivity index (χ3n) is 1.15. The maximum absolute atomic E-state index is 10.6. The van der Waals surface area contributed by atoms with Crippen LogP contribution in [-0.4, -0.2) is 10.8 Å². The molecule has 1 aromatic rings. The fraction of sp³-hybridized carbons (Fsp3) is 0.143. The number of aromatic amines is 1. The molecule has 0 aliphatic heterocycles. The number of hydrogen-bond acceptors (Lipinski definition) is 2. The topological polar surface area (TPSA) is 49.9 Å². The summed E-state index contributed by atoms with van der Waals surface area (Å²) >= 11 is 0. The normalized spacial score (nSPS) is 8.45. The van der Waals surface area contributed by atoms with E-state index < -0.39 is 0 Å². The van der Waals surface area contributed by atoms with Gasteiger partial charge in [0.15, 0.2) is 11.2 Å². The molecule has 1 heterocycles. The highest BCUT2D eigenvalue weighted by Crippen LogP contribution is 1.88. The lowest BCUT2D eigenvalue weighted by molar-refractivity contribution is 0.101. The SMILES string of the molecule is CC(=O)c1cc(=O)cc[nH]1.Cl. The van der Waals surface area contributed by atoms with E-state index in [1.54, 1.807) is 0 Å². The summed E-state index contributed by atoms with van der Waals surface area (Å²) in [7, 11) is 0. The lowest BCUT2D eigenvalue weighted by atomic mass is 10.3. The summed E-state index contributed by atoms with van der Waals surface area (Å²) in [5.74, 6) is -0.127. The van der Waals surface area contributed by atoms with E-state index in [0.717, 1.165) is 0 Å². The standard InChI is InChI=1S/C7H7NO2.ClH/c1-5(9)7-4-6(10)2-3-8-7;/h2-4H,1H3,(H,8,10);1H. The van der Waals surface area contributed by atoms with Gasteiger partial charge in [0.05, 0.1) is 5.69 Å². The summed E-state index contributed by atoms with van der Waals surface area (Å²) in [6, 6.07) is 2.65. The van der Waals surface area contributed by atoms with Crippen LogP contribution in [0, 0.1) is 0 Å². The first-order valence-electron chi connectivity index (χ1n) is 2.90. The zero-order valence-electron chi connectivity index (χ0n) is 5.96. The van der Waals surface area contributed by atoms with Gasteiger partial charge in [-0.25, -0.2) is 0 Å². The molecule has 0 saturated heterocycles. The molecule has 11 heavy (non-hydrogen) atoms. The Balaban J connectivity index is 0.000001000. The highest BCUT2D eigenvalue weighted by Gasteiger charge is 1.96. The van der Waals surface area contributed by atoms with Crippen LogP contribution in [-0.2, 0) is 0 Å². The fourth-order valence-corrected chi connectivity index (χ4v) is 0.649. The Labute approximate surface area is 69.9 Å². The number of nitrogens with one attached hydrogen (secondary N) is 1. The average molecular weight is 174 g/mol. The van der Waals surface area contributed by atoms with Crippen molar-refractivity contribution in [2.45, 2.75) is 6.92 Å². The number of carbonyl (C=O) groups is 1. The van der Waals surface area contributed by atoms with Crippen LogP contribution in [0.15, 0.2) is 23.1 Å². The lowest BCUT2D eigenvalue weighted by Gasteiger charge is -1.90. The van der Waals surface area contributed by atoms with Crippen LogP contribution >= 0.6 is 12.4 Å². The van der Waals surface area contributed by atoms with Gasteiger partial charge in [0, 0.05) is 25.3 Å². The number of Topliss-reactive ketones (excluding diaryl/α,β-unsaturated/α-hetero) is 1. The lowest BCUT2D eigenvalue weighted by Crippen LogP contribution is -2.04. The van der Waals surface area contributed by atoms with E-state index >= 15 is 0 Å². The van der Waals surface area contributed by atoms with E-state index in [2.05, 4.69) is 4.98 Å². The van der Waals surface area contributed by atoms with Crippen LogP contribution in [0.25, 0.3) is 0 Å².